The van der Waals surface area contributed by atoms with E-state index in [1.54, 1.807) is 6.07 Å². The number of hydrogen-bond acceptors (Lipinski definition) is 5. The number of nitrogens with zero attached hydrogens (tertiary/aromatic N) is 1. The number of halogens is 1. The molecule has 6 nitrogen and oxygen atoms in total. The number of aryl methyl sites for hydroxylation is 1. The van der Waals surface area contributed by atoms with Crippen molar-refractivity contribution in [1.29, 1.82) is 0 Å². The van der Waals surface area contributed by atoms with E-state index in [9.17, 15) is 9.00 Å². The Bertz CT molecular complexity index is 1170. The van der Waals surface area contributed by atoms with Gasteiger partial charge in [0.25, 0.3) is 5.91 Å². The molecule has 1 aliphatic carbocycles. The third kappa shape index (κ3) is 9.20. The van der Waals surface area contributed by atoms with Crippen LogP contribution in [-0.2, 0) is 17.4 Å². The van der Waals surface area contributed by atoms with Crippen LogP contribution in [0.2, 0.25) is 5.02 Å². The van der Waals surface area contributed by atoms with Gasteiger partial charge in [0.05, 0.1) is 12.3 Å². The van der Waals surface area contributed by atoms with Crippen LogP contribution in [0.15, 0.2) is 36.4 Å². The van der Waals surface area contributed by atoms with Gasteiger partial charge in [-0.1, -0.05) is 63.6 Å². The SMILES string of the molecule is CCCCCC1CCC1CN1CC(c2ccc(Cl)cc2CCCC)COc2ccc(C(=O)NS(=O)C(C)C)cc21.CO. The van der Waals surface area contributed by atoms with E-state index in [1.807, 2.05) is 32.0 Å². The summed E-state index contributed by atoms with van der Waals surface area (Å²) in [6.07, 6.45) is 11.0. The van der Waals surface area contributed by atoms with Crippen LogP contribution in [0.4, 0.5) is 5.69 Å². The van der Waals surface area contributed by atoms with Crippen molar-refractivity contribution in [3.63, 3.8) is 0 Å². The fraction of sp³-hybridized carbons (Fsp3) is 0.618. The highest BCUT2D eigenvalue weighted by Crippen LogP contribution is 2.42. The molecule has 0 aromatic heterocycles. The molecule has 4 unspecified atom stereocenters. The Kier molecular flexibility index (Phi) is 14.1. The molecule has 234 valence electrons. The number of fused-ring (bicyclic) bond motifs is 1. The van der Waals surface area contributed by atoms with Crippen molar-refractivity contribution in [2.75, 3.05) is 31.7 Å². The second kappa shape index (κ2) is 17.3. The van der Waals surface area contributed by atoms with Gasteiger partial charge in [-0.2, -0.15) is 0 Å². The monoisotopic (exact) mass is 618 g/mol. The number of benzene rings is 2. The molecule has 0 saturated heterocycles. The van der Waals surface area contributed by atoms with E-state index in [2.05, 4.69) is 35.6 Å². The Balaban J connectivity index is 0.00000237. The zero-order valence-corrected chi connectivity index (χ0v) is 27.7. The number of hydrogen-bond donors (Lipinski definition) is 2. The number of carbonyl (C=O) groups is 1. The highest BCUT2D eigenvalue weighted by Gasteiger charge is 2.35. The van der Waals surface area contributed by atoms with Gasteiger partial charge in [-0.05, 0) is 92.8 Å². The van der Waals surface area contributed by atoms with Crippen molar-refractivity contribution >= 4 is 34.2 Å². The summed E-state index contributed by atoms with van der Waals surface area (Å²) >= 11 is 6.43. The Morgan fingerprint density at radius 2 is 1.81 bits per heavy atom. The van der Waals surface area contributed by atoms with Crippen molar-refractivity contribution in [2.45, 2.75) is 96.7 Å². The normalized spacial score (nSPS) is 20.4. The molecule has 8 heteroatoms. The molecule has 1 fully saturated rings. The molecule has 1 heterocycles. The predicted octanol–water partition coefficient (Wildman–Crippen LogP) is 7.68. The van der Waals surface area contributed by atoms with E-state index < -0.39 is 11.0 Å². The van der Waals surface area contributed by atoms with Crippen LogP contribution < -0.4 is 14.4 Å². The molecule has 1 saturated carbocycles. The number of amides is 1. The summed E-state index contributed by atoms with van der Waals surface area (Å²) < 4.78 is 21.5. The molecule has 0 spiro atoms. The molecule has 4 rings (SSSR count). The molecular weight excluding hydrogens is 568 g/mol. The number of aliphatic hydroxyl groups excluding tert-OH is 1. The van der Waals surface area contributed by atoms with Crippen molar-refractivity contribution in [3.05, 3.63) is 58.1 Å². The van der Waals surface area contributed by atoms with Gasteiger partial charge in [-0.15, -0.1) is 0 Å². The summed E-state index contributed by atoms with van der Waals surface area (Å²) in [6, 6.07) is 12.0. The van der Waals surface area contributed by atoms with Crippen LogP contribution in [0.1, 0.15) is 106 Å². The highest BCUT2D eigenvalue weighted by atomic mass is 35.5. The van der Waals surface area contributed by atoms with Crippen molar-refractivity contribution in [3.8, 4) is 5.75 Å². The van der Waals surface area contributed by atoms with Gasteiger partial charge in [0.1, 0.15) is 16.7 Å². The average Bonchev–Trinajstić information content (AvgIpc) is 3.16. The third-order valence-electron chi connectivity index (χ3n) is 8.62. The Labute approximate surface area is 261 Å². The number of ether oxygens (including phenoxy) is 1. The minimum atomic E-state index is -1.42. The van der Waals surface area contributed by atoms with E-state index in [0.717, 1.165) is 61.8 Å². The summed E-state index contributed by atoms with van der Waals surface area (Å²) in [5, 5.41) is 7.64. The Hall–Kier alpha value is -2.09. The van der Waals surface area contributed by atoms with Crippen molar-refractivity contribution in [1.82, 2.24) is 4.72 Å². The Morgan fingerprint density at radius 1 is 1.07 bits per heavy atom. The first-order valence-corrected chi connectivity index (χ1v) is 17.4. The number of unbranched alkanes of at least 4 members (excludes halogenated alkanes) is 3. The fourth-order valence-corrected chi connectivity index (χ4v) is 6.75. The molecular formula is C34H51ClN2O4S. The van der Waals surface area contributed by atoms with Gasteiger partial charge in [-0.25, -0.2) is 4.21 Å². The average molecular weight is 619 g/mol. The molecule has 2 aromatic rings. The zero-order valence-electron chi connectivity index (χ0n) is 26.2. The second-order valence-electron chi connectivity index (χ2n) is 11.9. The summed E-state index contributed by atoms with van der Waals surface area (Å²) in [6.45, 7) is 10.5. The van der Waals surface area contributed by atoms with Crippen LogP contribution >= 0.6 is 11.6 Å². The summed E-state index contributed by atoms with van der Waals surface area (Å²) in [5.41, 5.74) is 4.11. The van der Waals surface area contributed by atoms with Crippen LogP contribution in [0, 0.1) is 11.8 Å². The largest absolute Gasteiger partial charge is 0.491 e. The topological polar surface area (TPSA) is 78.9 Å². The predicted molar refractivity (Wildman–Crippen MR) is 176 cm³/mol. The maximum atomic E-state index is 13.0. The van der Waals surface area contributed by atoms with Gasteiger partial charge in [0, 0.05) is 42.0 Å². The quantitative estimate of drug-likeness (QED) is 0.225. The van der Waals surface area contributed by atoms with Gasteiger partial charge >= 0.3 is 0 Å². The van der Waals surface area contributed by atoms with Gasteiger partial charge in [-0.3, -0.25) is 9.52 Å². The van der Waals surface area contributed by atoms with Crippen LogP contribution in [0.25, 0.3) is 0 Å². The molecule has 2 aromatic carbocycles. The lowest BCUT2D eigenvalue weighted by Crippen LogP contribution is -2.40. The second-order valence-corrected chi connectivity index (χ2v) is 14.1. The molecule has 1 aliphatic heterocycles. The molecule has 2 aliphatic rings. The summed E-state index contributed by atoms with van der Waals surface area (Å²) in [4.78, 5) is 15.5. The first-order chi connectivity index (χ1) is 20.3. The van der Waals surface area contributed by atoms with Crippen LogP contribution in [-0.4, -0.2) is 47.3 Å². The standard InChI is InChI=1S/C33H47ClN2O3S.CH4O/c1-5-7-9-11-24-12-13-27(24)20-36-21-28(30-16-15-29(34)18-25(30)10-8-6-2)22-39-32-17-14-26(19-31(32)36)33(37)35-40(38)23(3)4;1-2/h14-19,23-24,27-28H,5-13,20-22H2,1-4H3,(H,35,37);2H,1H3. The summed E-state index contributed by atoms with van der Waals surface area (Å²) in [5.74, 6) is 2.12. The molecule has 0 bridgehead atoms. The maximum Gasteiger partial charge on any atom is 0.263 e. The van der Waals surface area contributed by atoms with Crippen LogP contribution in [0.5, 0.6) is 5.75 Å². The first kappa shape index (κ1) is 34.4. The van der Waals surface area contributed by atoms with Gasteiger partial charge in [0.15, 0.2) is 0 Å². The van der Waals surface area contributed by atoms with Gasteiger partial charge < -0.3 is 14.7 Å². The number of carbonyl (C=O) groups excluding carboxylic acids is 1. The fourth-order valence-electron chi connectivity index (χ4n) is 6.02. The molecule has 0 radical (unpaired) electrons. The zero-order chi connectivity index (χ0) is 30.6. The lowest BCUT2D eigenvalue weighted by Gasteiger charge is -2.41. The molecule has 42 heavy (non-hydrogen) atoms. The summed E-state index contributed by atoms with van der Waals surface area (Å²) in [7, 11) is -0.420. The number of rotatable bonds is 13. The van der Waals surface area contributed by atoms with Crippen LogP contribution in [0.3, 0.4) is 0 Å². The van der Waals surface area contributed by atoms with Crippen molar-refractivity contribution in [2.24, 2.45) is 11.8 Å². The highest BCUT2D eigenvalue weighted by molar-refractivity contribution is 7.84. The third-order valence-corrected chi connectivity index (χ3v) is 10.1. The maximum absolute atomic E-state index is 13.0. The van der Waals surface area contributed by atoms with Crippen molar-refractivity contribution < 1.29 is 18.8 Å². The number of anilines is 1. The van der Waals surface area contributed by atoms with E-state index in [0.29, 0.717) is 18.1 Å². The number of nitrogens with one attached hydrogen (secondary N) is 1. The minimum Gasteiger partial charge on any atom is -0.491 e. The van der Waals surface area contributed by atoms with E-state index in [4.69, 9.17) is 21.4 Å². The molecule has 4 atom stereocenters. The Morgan fingerprint density at radius 3 is 2.48 bits per heavy atom. The number of aliphatic hydroxyl groups is 1. The van der Waals surface area contributed by atoms with E-state index >= 15 is 0 Å². The minimum absolute atomic E-state index is 0.144. The van der Waals surface area contributed by atoms with Gasteiger partial charge in [0.2, 0.25) is 0 Å². The molecule has 1 amide bonds. The smallest absolute Gasteiger partial charge is 0.263 e. The van der Waals surface area contributed by atoms with E-state index in [1.165, 1.54) is 49.7 Å². The van der Waals surface area contributed by atoms with E-state index in [-0.39, 0.29) is 17.1 Å². The lowest BCUT2D eigenvalue weighted by molar-refractivity contribution is 0.0982. The first-order valence-electron chi connectivity index (χ1n) is 15.8. The molecule has 2 N–H and O–H groups in total. The lowest BCUT2D eigenvalue weighted by atomic mass is 9.71.